The van der Waals surface area contributed by atoms with Crippen LogP contribution in [0.1, 0.15) is 11.1 Å². The van der Waals surface area contributed by atoms with E-state index in [2.05, 4.69) is 34.2 Å². The highest BCUT2D eigenvalue weighted by Gasteiger charge is 2.16. The first-order valence-electron chi connectivity index (χ1n) is 8.85. The van der Waals surface area contributed by atoms with E-state index in [1.165, 1.54) is 12.7 Å². The molecule has 0 bridgehead atoms. The van der Waals surface area contributed by atoms with E-state index < -0.39 is 0 Å². The average Bonchev–Trinajstić information content (AvgIpc) is 3.02. The Morgan fingerprint density at radius 2 is 1.89 bits per heavy atom. The van der Waals surface area contributed by atoms with E-state index in [1.54, 1.807) is 12.1 Å². The van der Waals surface area contributed by atoms with Crippen LogP contribution in [-0.2, 0) is 0 Å². The molecule has 28 heavy (non-hydrogen) atoms. The lowest BCUT2D eigenvalue weighted by atomic mass is 10.1. The molecule has 0 aliphatic heterocycles. The number of aromatic nitrogens is 2. The lowest BCUT2D eigenvalue weighted by Crippen LogP contribution is -1.97. The molecule has 0 radical (unpaired) electrons. The van der Waals surface area contributed by atoms with Crippen LogP contribution in [0.25, 0.3) is 16.9 Å². The first kappa shape index (κ1) is 18.4. The summed E-state index contributed by atoms with van der Waals surface area (Å²) in [5.41, 5.74) is 5.73. The van der Waals surface area contributed by atoms with Gasteiger partial charge in [-0.15, -0.1) is 0 Å². The summed E-state index contributed by atoms with van der Waals surface area (Å²) in [7, 11) is 1.54. The van der Waals surface area contributed by atoms with Crippen molar-refractivity contribution in [2.24, 2.45) is 0 Å². The topological polar surface area (TPSA) is 58.8 Å². The van der Waals surface area contributed by atoms with Crippen LogP contribution in [0.3, 0.4) is 0 Å². The van der Waals surface area contributed by atoms with Gasteiger partial charge in [0.15, 0.2) is 11.5 Å². The number of benzene rings is 2. The molecule has 0 aliphatic carbocycles. The number of phenols is 1. The first-order chi connectivity index (χ1) is 13.5. The molecule has 4 rings (SSSR count). The number of halogens is 1. The number of pyridine rings is 1. The van der Waals surface area contributed by atoms with Gasteiger partial charge in [0, 0.05) is 21.9 Å². The SMILES string of the molecule is COc1cc(-c2nc3cc(C)ccn3c2Nc2ccc(C)c(Br)c2)ccc1O. The molecule has 0 amide bonds. The molecule has 0 saturated heterocycles. The summed E-state index contributed by atoms with van der Waals surface area (Å²) in [5, 5.41) is 13.4. The van der Waals surface area contributed by atoms with E-state index >= 15 is 0 Å². The van der Waals surface area contributed by atoms with E-state index in [1.807, 2.05) is 47.9 Å². The molecule has 0 aliphatic rings. The van der Waals surface area contributed by atoms with E-state index in [9.17, 15) is 5.11 Å². The van der Waals surface area contributed by atoms with Crippen LogP contribution in [0.2, 0.25) is 0 Å². The molecule has 2 heterocycles. The fraction of sp³-hybridized carbons (Fsp3) is 0.136. The maximum atomic E-state index is 9.95. The monoisotopic (exact) mass is 437 g/mol. The largest absolute Gasteiger partial charge is 0.504 e. The molecule has 6 heteroatoms. The van der Waals surface area contributed by atoms with E-state index in [4.69, 9.17) is 9.72 Å². The molecule has 0 spiro atoms. The van der Waals surface area contributed by atoms with Crippen LogP contribution in [0.4, 0.5) is 11.5 Å². The van der Waals surface area contributed by atoms with E-state index in [-0.39, 0.29) is 5.75 Å². The van der Waals surface area contributed by atoms with Crippen LogP contribution in [0.15, 0.2) is 59.2 Å². The van der Waals surface area contributed by atoms with Gasteiger partial charge in [-0.05, 0) is 67.4 Å². The van der Waals surface area contributed by atoms with Crippen LogP contribution in [0, 0.1) is 13.8 Å². The molecule has 5 nitrogen and oxygen atoms in total. The van der Waals surface area contributed by atoms with Gasteiger partial charge in [0.1, 0.15) is 17.2 Å². The van der Waals surface area contributed by atoms with Gasteiger partial charge in [0.25, 0.3) is 0 Å². The smallest absolute Gasteiger partial charge is 0.161 e. The van der Waals surface area contributed by atoms with Crippen molar-refractivity contribution in [1.29, 1.82) is 0 Å². The number of methoxy groups -OCH3 is 1. The maximum absolute atomic E-state index is 9.95. The number of fused-ring (bicyclic) bond motifs is 1. The number of hydrogen-bond acceptors (Lipinski definition) is 4. The van der Waals surface area contributed by atoms with Crippen molar-refractivity contribution in [2.45, 2.75) is 13.8 Å². The highest BCUT2D eigenvalue weighted by atomic mass is 79.9. The Morgan fingerprint density at radius 3 is 2.64 bits per heavy atom. The van der Waals surface area contributed by atoms with Gasteiger partial charge >= 0.3 is 0 Å². The summed E-state index contributed by atoms with van der Waals surface area (Å²) in [5.74, 6) is 1.36. The number of nitrogens with one attached hydrogen (secondary N) is 1. The quantitative estimate of drug-likeness (QED) is 0.421. The minimum Gasteiger partial charge on any atom is -0.504 e. The first-order valence-corrected chi connectivity index (χ1v) is 9.65. The Kier molecular flexibility index (Phi) is 4.73. The predicted octanol–water partition coefficient (Wildman–Crippen LogP) is 5.84. The van der Waals surface area contributed by atoms with Gasteiger partial charge < -0.3 is 15.2 Å². The third kappa shape index (κ3) is 3.31. The fourth-order valence-electron chi connectivity index (χ4n) is 3.10. The molecule has 0 saturated carbocycles. The number of ether oxygens (including phenoxy) is 1. The van der Waals surface area contributed by atoms with Gasteiger partial charge in [-0.2, -0.15) is 0 Å². The summed E-state index contributed by atoms with van der Waals surface area (Å²) >= 11 is 3.59. The van der Waals surface area contributed by atoms with Crippen LogP contribution in [0.5, 0.6) is 11.5 Å². The van der Waals surface area contributed by atoms with Crippen LogP contribution >= 0.6 is 15.9 Å². The zero-order valence-electron chi connectivity index (χ0n) is 15.8. The predicted molar refractivity (Wildman–Crippen MR) is 116 cm³/mol. The van der Waals surface area contributed by atoms with Gasteiger partial charge in [-0.3, -0.25) is 4.40 Å². The Hall–Kier alpha value is -2.99. The average molecular weight is 438 g/mol. The standard InChI is InChI=1S/C22H20BrN3O2/c1-13-8-9-26-20(10-13)25-21(15-5-7-18(27)19(11-15)28-3)22(26)24-16-6-4-14(2)17(23)12-16/h4-12,24,27H,1-3H3. The zero-order valence-corrected chi connectivity index (χ0v) is 17.4. The summed E-state index contributed by atoms with van der Waals surface area (Å²) in [6.45, 7) is 4.10. The number of aromatic hydroxyl groups is 1. The lowest BCUT2D eigenvalue weighted by Gasteiger charge is -2.11. The normalized spacial score (nSPS) is 11.0. The third-order valence-corrected chi connectivity index (χ3v) is 5.52. The second kappa shape index (κ2) is 7.20. The molecular weight excluding hydrogens is 418 g/mol. The molecule has 2 aromatic carbocycles. The number of imidazole rings is 1. The molecule has 2 aromatic heterocycles. The molecule has 4 aromatic rings. The third-order valence-electron chi connectivity index (χ3n) is 4.67. The summed E-state index contributed by atoms with van der Waals surface area (Å²) in [4.78, 5) is 4.84. The van der Waals surface area contributed by atoms with Crippen molar-refractivity contribution in [3.8, 4) is 22.8 Å². The molecule has 2 N–H and O–H groups in total. The number of phenolic OH excluding ortho intramolecular Hbond substituents is 1. The highest BCUT2D eigenvalue weighted by molar-refractivity contribution is 9.10. The van der Waals surface area contributed by atoms with Crippen molar-refractivity contribution in [2.75, 3.05) is 12.4 Å². The van der Waals surface area contributed by atoms with E-state index in [0.717, 1.165) is 38.4 Å². The molecule has 0 atom stereocenters. The summed E-state index contributed by atoms with van der Waals surface area (Å²) in [6.07, 6.45) is 2.00. The second-order valence-electron chi connectivity index (χ2n) is 6.72. The Bertz CT molecular complexity index is 1180. The fourth-order valence-corrected chi connectivity index (χ4v) is 3.48. The van der Waals surface area contributed by atoms with Gasteiger partial charge in [-0.1, -0.05) is 22.0 Å². The molecular formula is C22H20BrN3O2. The van der Waals surface area contributed by atoms with Crippen molar-refractivity contribution in [3.63, 3.8) is 0 Å². The number of aryl methyl sites for hydroxylation is 2. The molecule has 142 valence electrons. The second-order valence-corrected chi connectivity index (χ2v) is 7.57. The van der Waals surface area contributed by atoms with Crippen molar-refractivity contribution >= 4 is 33.1 Å². The lowest BCUT2D eigenvalue weighted by molar-refractivity contribution is 0.373. The summed E-state index contributed by atoms with van der Waals surface area (Å²) in [6, 6.07) is 15.5. The van der Waals surface area contributed by atoms with Gasteiger partial charge in [0.2, 0.25) is 0 Å². The molecule has 0 fully saturated rings. The van der Waals surface area contributed by atoms with Gasteiger partial charge in [-0.25, -0.2) is 4.98 Å². The zero-order chi connectivity index (χ0) is 19.8. The van der Waals surface area contributed by atoms with E-state index in [0.29, 0.717) is 5.75 Å². The van der Waals surface area contributed by atoms with Crippen molar-refractivity contribution < 1.29 is 9.84 Å². The molecule has 0 unspecified atom stereocenters. The van der Waals surface area contributed by atoms with Crippen molar-refractivity contribution in [3.05, 3.63) is 70.3 Å². The van der Waals surface area contributed by atoms with Crippen LogP contribution in [-0.4, -0.2) is 21.6 Å². The minimum atomic E-state index is 0.0998. The summed E-state index contributed by atoms with van der Waals surface area (Å²) < 4.78 is 8.34. The minimum absolute atomic E-state index is 0.0998. The van der Waals surface area contributed by atoms with Gasteiger partial charge in [0.05, 0.1) is 7.11 Å². The Balaban J connectivity index is 1.90. The highest BCUT2D eigenvalue weighted by Crippen LogP contribution is 2.36. The Morgan fingerprint density at radius 1 is 1.07 bits per heavy atom. The Labute approximate surface area is 171 Å². The number of rotatable bonds is 4. The van der Waals surface area contributed by atoms with Crippen molar-refractivity contribution in [1.82, 2.24) is 9.38 Å². The maximum Gasteiger partial charge on any atom is 0.161 e. The number of anilines is 2. The number of hydrogen-bond donors (Lipinski definition) is 2. The number of nitrogens with zero attached hydrogens (tertiary/aromatic N) is 2. The van der Waals surface area contributed by atoms with Crippen LogP contribution < -0.4 is 10.1 Å².